The molecule has 0 radical (unpaired) electrons. The average Bonchev–Trinajstić information content (AvgIpc) is 2.79. The maximum Gasteiger partial charge on any atom is -0.00489 e. The van der Waals surface area contributed by atoms with Crippen LogP contribution in [0.2, 0.25) is 0 Å². The van der Waals surface area contributed by atoms with Gasteiger partial charge in [-0.2, -0.15) is 0 Å². The summed E-state index contributed by atoms with van der Waals surface area (Å²) in [5, 5.41) is 2.81. The van der Waals surface area contributed by atoms with Crippen molar-refractivity contribution < 1.29 is 0 Å². The molecule has 2 aliphatic rings. The molecule has 0 aromatic heterocycles. The van der Waals surface area contributed by atoms with Crippen LogP contribution in [0.1, 0.15) is 31.7 Å². The molecule has 4 rings (SSSR count). The van der Waals surface area contributed by atoms with E-state index < -0.39 is 0 Å². The molecule has 0 aliphatic heterocycles. The van der Waals surface area contributed by atoms with Gasteiger partial charge in [0.1, 0.15) is 0 Å². The van der Waals surface area contributed by atoms with Gasteiger partial charge in [-0.3, -0.25) is 0 Å². The monoisotopic (exact) mass is 274 g/mol. The number of rotatable bonds is 1. The molecule has 4 atom stereocenters. The van der Waals surface area contributed by atoms with Crippen LogP contribution in [0, 0.1) is 17.3 Å². The molecule has 0 saturated heterocycles. The zero-order valence-electron chi connectivity index (χ0n) is 12.8. The van der Waals surface area contributed by atoms with Crippen molar-refractivity contribution in [3.05, 3.63) is 72.3 Å². The van der Waals surface area contributed by atoms with E-state index in [4.69, 9.17) is 0 Å². The Kier molecular flexibility index (Phi) is 2.82. The lowest BCUT2D eigenvalue weighted by Gasteiger charge is -2.33. The Bertz CT molecular complexity index is 731. The first-order valence-electron chi connectivity index (χ1n) is 8.04. The van der Waals surface area contributed by atoms with Crippen LogP contribution in [0.5, 0.6) is 0 Å². The third kappa shape index (κ3) is 1.82. The summed E-state index contributed by atoms with van der Waals surface area (Å²) in [7, 11) is 0. The van der Waals surface area contributed by atoms with E-state index in [1.165, 1.54) is 22.8 Å². The van der Waals surface area contributed by atoms with Crippen LogP contribution < -0.4 is 0 Å². The molecule has 0 bridgehead atoms. The highest BCUT2D eigenvalue weighted by atomic mass is 14.5. The molecular formula is C21H22. The summed E-state index contributed by atoms with van der Waals surface area (Å²) < 4.78 is 0. The third-order valence-corrected chi connectivity index (χ3v) is 6.02. The van der Waals surface area contributed by atoms with Gasteiger partial charge in [0.2, 0.25) is 0 Å². The van der Waals surface area contributed by atoms with Crippen LogP contribution >= 0.6 is 0 Å². The van der Waals surface area contributed by atoms with Gasteiger partial charge in [0, 0.05) is 0 Å². The lowest BCUT2D eigenvalue weighted by Crippen LogP contribution is -2.26. The van der Waals surface area contributed by atoms with Gasteiger partial charge in [-0.15, -0.1) is 0 Å². The van der Waals surface area contributed by atoms with Crippen LogP contribution in [0.15, 0.2) is 66.8 Å². The fourth-order valence-electron chi connectivity index (χ4n) is 4.50. The van der Waals surface area contributed by atoms with Gasteiger partial charge in [-0.05, 0) is 45.9 Å². The lowest BCUT2D eigenvalue weighted by molar-refractivity contribution is 0.269. The molecule has 0 heteroatoms. The quantitative estimate of drug-likeness (QED) is 0.624. The summed E-state index contributed by atoms with van der Waals surface area (Å²) in [5.74, 6) is 2.01. The third-order valence-electron chi connectivity index (χ3n) is 6.02. The maximum atomic E-state index is 2.44. The van der Waals surface area contributed by atoms with Crippen molar-refractivity contribution in [1.29, 1.82) is 0 Å². The average molecular weight is 274 g/mol. The van der Waals surface area contributed by atoms with Gasteiger partial charge in [-0.1, -0.05) is 80.6 Å². The molecule has 0 amide bonds. The number of benzene rings is 2. The first kappa shape index (κ1) is 12.9. The lowest BCUT2D eigenvalue weighted by atomic mass is 9.71. The highest BCUT2D eigenvalue weighted by Crippen LogP contribution is 2.57. The normalized spacial score (nSPS) is 34.3. The summed E-state index contributed by atoms with van der Waals surface area (Å²) in [6.07, 6.45) is 10.6. The van der Waals surface area contributed by atoms with Crippen LogP contribution in [0.25, 0.3) is 10.8 Å². The van der Waals surface area contributed by atoms with Gasteiger partial charge in [0.25, 0.3) is 0 Å². The van der Waals surface area contributed by atoms with Crippen LogP contribution in [-0.4, -0.2) is 0 Å². The van der Waals surface area contributed by atoms with Crippen LogP contribution in [0.4, 0.5) is 0 Å². The molecule has 0 nitrogen and oxygen atoms in total. The zero-order valence-corrected chi connectivity index (χ0v) is 12.8. The molecule has 0 spiro atoms. The first-order valence-corrected chi connectivity index (χ1v) is 8.04. The molecule has 1 fully saturated rings. The van der Waals surface area contributed by atoms with Crippen molar-refractivity contribution in [1.82, 2.24) is 0 Å². The molecule has 1 saturated carbocycles. The van der Waals surface area contributed by atoms with E-state index in [1.807, 2.05) is 0 Å². The van der Waals surface area contributed by atoms with Crippen LogP contribution in [-0.2, 0) is 0 Å². The second kappa shape index (κ2) is 4.59. The summed E-state index contributed by atoms with van der Waals surface area (Å²) in [6.45, 7) is 4.88. The van der Waals surface area contributed by atoms with Gasteiger partial charge < -0.3 is 0 Å². The summed E-state index contributed by atoms with van der Waals surface area (Å²) in [5.41, 5.74) is 1.86. The number of hydrogen-bond donors (Lipinski definition) is 0. The number of hydrogen-bond acceptors (Lipinski definition) is 0. The van der Waals surface area contributed by atoms with E-state index in [0.717, 1.165) is 0 Å². The standard InChI is InChI=1S/C21H22/c1-15-20(14-17-10-5-6-13-21(15,17)2)19-12-7-9-16-8-3-4-11-18(16)19/h3-13,15,17,20H,14H2,1-2H3. The molecule has 0 N–H and O–H groups in total. The maximum absolute atomic E-state index is 2.44. The second-order valence-electron chi connectivity index (χ2n) is 6.92. The highest BCUT2D eigenvalue weighted by Gasteiger charge is 2.48. The Morgan fingerprint density at radius 1 is 1.00 bits per heavy atom. The first-order chi connectivity index (χ1) is 10.2. The molecule has 0 heterocycles. The van der Waals surface area contributed by atoms with Gasteiger partial charge >= 0.3 is 0 Å². The minimum atomic E-state index is 0.316. The highest BCUT2D eigenvalue weighted by molar-refractivity contribution is 5.86. The molecule has 106 valence electrons. The van der Waals surface area contributed by atoms with E-state index in [9.17, 15) is 0 Å². The SMILES string of the molecule is CC1C(c2cccc3ccccc23)CC2C=CC=CC21C. The summed E-state index contributed by atoms with van der Waals surface area (Å²) in [6, 6.07) is 15.6. The number of allylic oxidation sites excluding steroid dienone is 4. The molecule has 2 aromatic rings. The molecular weight excluding hydrogens is 252 g/mol. The largest absolute Gasteiger partial charge is 0.0805 e. The predicted octanol–water partition coefficient (Wildman–Crippen LogP) is 5.71. The Hall–Kier alpha value is -1.82. The van der Waals surface area contributed by atoms with Gasteiger partial charge in [-0.25, -0.2) is 0 Å². The molecule has 2 aliphatic carbocycles. The predicted molar refractivity (Wildman–Crippen MR) is 90.3 cm³/mol. The van der Waals surface area contributed by atoms with Crippen LogP contribution in [0.3, 0.4) is 0 Å². The van der Waals surface area contributed by atoms with Crippen molar-refractivity contribution in [3.63, 3.8) is 0 Å². The Morgan fingerprint density at radius 3 is 2.67 bits per heavy atom. The van der Waals surface area contributed by atoms with E-state index in [1.54, 1.807) is 0 Å². The van der Waals surface area contributed by atoms with Crippen molar-refractivity contribution >= 4 is 10.8 Å². The van der Waals surface area contributed by atoms with E-state index in [2.05, 4.69) is 80.6 Å². The van der Waals surface area contributed by atoms with E-state index >= 15 is 0 Å². The Morgan fingerprint density at radius 2 is 1.81 bits per heavy atom. The molecule has 4 unspecified atom stereocenters. The summed E-state index contributed by atoms with van der Waals surface area (Å²) in [4.78, 5) is 0. The minimum absolute atomic E-state index is 0.316. The van der Waals surface area contributed by atoms with Gasteiger partial charge in [0.05, 0.1) is 0 Å². The fraction of sp³-hybridized carbons (Fsp3) is 0.333. The van der Waals surface area contributed by atoms with Crippen molar-refractivity contribution in [2.75, 3.05) is 0 Å². The molecule has 21 heavy (non-hydrogen) atoms. The second-order valence-corrected chi connectivity index (χ2v) is 6.92. The van der Waals surface area contributed by atoms with Crippen molar-refractivity contribution in [2.24, 2.45) is 17.3 Å². The van der Waals surface area contributed by atoms with Crippen molar-refractivity contribution in [2.45, 2.75) is 26.2 Å². The number of fused-ring (bicyclic) bond motifs is 2. The smallest absolute Gasteiger partial charge is 0.00489 e. The van der Waals surface area contributed by atoms with E-state index in [-0.39, 0.29) is 0 Å². The topological polar surface area (TPSA) is 0 Å². The Labute approximate surface area is 127 Å². The zero-order chi connectivity index (χ0) is 14.4. The summed E-state index contributed by atoms with van der Waals surface area (Å²) >= 11 is 0. The Balaban J connectivity index is 1.83. The van der Waals surface area contributed by atoms with E-state index in [0.29, 0.717) is 23.2 Å². The fourth-order valence-corrected chi connectivity index (χ4v) is 4.50. The molecule has 2 aromatic carbocycles. The van der Waals surface area contributed by atoms with Gasteiger partial charge in [0.15, 0.2) is 0 Å². The van der Waals surface area contributed by atoms with Crippen molar-refractivity contribution in [3.8, 4) is 0 Å². The minimum Gasteiger partial charge on any atom is -0.0805 e.